The number of hydrogen-bond acceptors (Lipinski definition) is 7. The van der Waals surface area contributed by atoms with Gasteiger partial charge in [0.05, 0.1) is 18.4 Å². The summed E-state index contributed by atoms with van der Waals surface area (Å²) in [6.07, 6.45) is 0.398. The highest BCUT2D eigenvalue weighted by Crippen LogP contribution is 2.24. The maximum absolute atomic E-state index is 13.1. The molecule has 1 amide bonds. The number of para-hydroxylation sites is 1. The summed E-state index contributed by atoms with van der Waals surface area (Å²) in [4.78, 5) is 26.0. The van der Waals surface area contributed by atoms with Gasteiger partial charge < -0.3 is 24.3 Å². The first-order valence-corrected chi connectivity index (χ1v) is 9.95. The maximum Gasteiger partial charge on any atom is 0.341 e. The molecule has 1 unspecified atom stereocenters. The Bertz CT molecular complexity index is 1190. The molecule has 0 spiro atoms. The smallest absolute Gasteiger partial charge is 0.341 e. The van der Waals surface area contributed by atoms with Crippen molar-refractivity contribution in [1.29, 1.82) is 0 Å². The molecule has 2 heterocycles. The van der Waals surface area contributed by atoms with E-state index in [9.17, 15) is 9.59 Å². The number of aryl methyl sites for hydroxylation is 1. The van der Waals surface area contributed by atoms with Gasteiger partial charge in [0.2, 0.25) is 6.10 Å². The number of nitrogens with zero attached hydrogens (tertiary/aromatic N) is 1. The minimum absolute atomic E-state index is 0.241. The van der Waals surface area contributed by atoms with Crippen molar-refractivity contribution < 1.29 is 23.3 Å². The Balaban J connectivity index is 1.54. The molecule has 4 aromatic rings. The Morgan fingerprint density at radius 1 is 1.03 bits per heavy atom. The quantitative estimate of drug-likeness (QED) is 0.389. The summed E-state index contributed by atoms with van der Waals surface area (Å²) >= 11 is 0. The number of carbonyl (C=O) groups is 2. The molecule has 32 heavy (non-hydrogen) atoms. The number of amides is 1. The predicted octanol–water partition coefficient (Wildman–Crippen LogP) is 4.72. The normalized spacial score (nSPS) is 11.5. The Hall–Kier alpha value is -4.33. The summed E-state index contributed by atoms with van der Waals surface area (Å²) in [7, 11) is 0. The van der Waals surface area contributed by atoms with Gasteiger partial charge in [0, 0.05) is 17.3 Å². The molecule has 0 fully saturated rings. The summed E-state index contributed by atoms with van der Waals surface area (Å²) in [5, 5.41) is 9.56. The topological polar surface area (TPSA) is 107 Å². The summed E-state index contributed by atoms with van der Waals surface area (Å²) in [6.45, 7) is 2.11. The molecule has 8 heteroatoms. The third kappa shape index (κ3) is 5.04. The molecular formula is C24H21N3O5. The van der Waals surface area contributed by atoms with Crippen molar-refractivity contribution in [1.82, 2.24) is 5.16 Å². The highest BCUT2D eigenvalue weighted by Gasteiger charge is 2.27. The number of benzene rings is 2. The van der Waals surface area contributed by atoms with Gasteiger partial charge >= 0.3 is 5.97 Å². The number of rotatable bonds is 8. The van der Waals surface area contributed by atoms with Crippen molar-refractivity contribution in [2.45, 2.75) is 19.6 Å². The van der Waals surface area contributed by atoms with E-state index in [1.54, 1.807) is 73.9 Å². The second kappa shape index (κ2) is 9.65. The van der Waals surface area contributed by atoms with Gasteiger partial charge in [-0.15, -0.1) is 0 Å². The van der Waals surface area contributed by atoms with E-state index in [0.717, 1.165) is 5.76 Å². The van der Waals surface area contributed by atoms with Crippen LogP contribution in [0.2, 0.25) is 0 Å². The van der Waals surface area contributed by atoms with Crippen molar-refractivity contribution >= 4 is 23.4 Å². The Labute approximate surface area is 184 Å². The molecule has 0 bridgehead atoms. The Morgan fingerprint density at radius 3 is 2.53 bits per heavy atom. The molecule has 0 saturated carbocycles. The van der Waals surface area contributed by atoms with E-state index in [0.29, 0.717) is 29.1 Å². The van der Waals surface area contributed by atoms with Crippen LogP contribution in [-0.4, -0.2) is 17.0 Å². The Kier molecular flexibility index (Phi) is 6.31. The van der Waals surface area contributed by atoms with Gasteiger partial charge in [0.1, 0.15) is 11.5 Å². The highest BCUT2D eigenvalue weighted by molar-refractivity contribution is 6.00. The second-order valence-corrected chi connectivity index (χ2v) is 6.99. The van der Waals surface area contributed by atoms with E-state index < -0.39 is 18.0 Å². The lowest BCUT2D eigenvalue weighted by atomic mass is 10.1. The third-order valence-corrected chi connectivity index (χ3v) is 4.62. The zero-order chi connectivity index (χ0) is 22.3. The molecule has 0 aliphatic heterocycles. The molecular weight excluding hydrogens is 410 g/mol. The van der Waals surface area contributed by atoms with E-state index in [1.807, 2.05) is 12.1 Å². The summed E-state index contributed by atoms with van der Waals surface area (Å²) in [6, 6.07) is 20.9. The van der Waals surface area contributed by atoms with Crippen LogP contribution >= 0.6 is 0 Å². The highest BCUT2D eigenvalue weighted by atomic mass is 16.5. The van der Waals surface area contributed by atoms with Gasteiger partial charge in [-0.05, 0) is 31.2 Å². The standard InChI is InChI=1S/C24H21N3O5/c1-16-14-21(27-32-16)26-23(28)22(17-8-3-2-4-9-17)31-24(29)19-11-5-6-12-20(19)25-15-18-10-7-13-30-18/h2-14,22,25H,15H2,1H3,(H,26,27,28). The van der Waals surface area contributed by atoms with E-state index in [4.69, 9.17) is 13.7 Å². The van der Waals surface area contributed by atoms with E-state index in [1.165, 1.54) is 0 Å². The number of hydrogen-bond donors (Lipinski definition) is 2. The molecule has 0 radical (unpaired) electrons. The zero-order valence-corrected chi connectivity index (χ0v) is 17.3. The fraction of sp³-hybridized carbons (Fsp3) is 0.125. The van der Waals surface area contributed by atoms with Crippen LogP contribution in [0, 0.1) is 6.92 Å². The van der Waals surface area contributed by atoms with Crippen LogP contribution in [0.3, 0.4) is 0 Å². The van der Waals surface area contributed by atoms with Crippen molar-refractivity contribution in [2.75, 3.05) is 10.6 Å². The number of furan rings is 1. The number of esters is 1. The lowest BCUT2D eigenvalue weighted by molar-refractivity contribution is -0.125. The van der Waals surface area contributed by atoms with Gasteiger partial charge in [0.25, 0.3) is 5.91 Å². The lowest BCUT2D eigenvalue weighted by Gasteiger charge is -2.18. The molecule has 4 rings (SSSR count). The molecule has 0 aliphatic rings. The average molecular weight is 431 g/mol. The molecule has 0 aliphatic carbocycles. The van der Waals surface area contributed by atoms with E-state index in [-0.39, 0.29) is 5.82 Å². The molecule has 162 valence electrons. The Morgan fingerprint density at radius 2 is 1.81 bits per heavy atom. The van der Waals surface area contributed by atoms with Crippen LogP contribution in [0.4, 0.5) is 11.5 Å². The molecule has 2 N–H and O–H groups in total. The van der Waals surface area contributed by atoms with Crippen LogP contribution in [0.5, 0.6) is 0 Å². The van der Waals surface area contributed by atoms with Crippen LogP contribution in [-0.2, 0) is 16.1 Å². The molecule has 0 saturated heterocycles. The number of ether oxygens (including phenoxy) is 1. The fourth-order valence-corrected chi connectivity index (χ4v) is 3.10. The monoisotopic (exact) mass is 431 g/mol. The predicted molar refractivity (Wildman–Crippen MR) is 117 cm³/mol. The zero-order valence-electron chi connectivity index (χ0n) is 17.3. The minimum Gasteiger partial charge on any atom is -0.467 e. The van der Waals surface area contributed by atoms with Gasteiger partial charge in [-0.3, -0.25) is 4.79 Å². The van der Waals surface area contributed by atoms with Crippen LogP contribution in [0.1, 0.15) is 33.5 Å². The molecule has 2 aromatic carbocycles. The van der Waals surface area contributed by atoms with Gasteiger partial charge in [-0.25, -0.2) is 4.79 Å². The van der Waals surface area contributed by atoms with Crippen molar-refractivity contribution in [3.8, 4) is 0 Å². The third-order valence-electron chi connectivity index (χ3n) is 4.62. The number of carbonyl (C=O) groups excluding carboxylic acids is 2. The lowest BCUT2D eigenvalue weighted by Crippen LogP contribution is -2.26. The number of nitrogens with one attached hydrogen (secondary N) is 2. The maximum atomic E-state index is 13.1. The van der Waals surface area contributed by atoms with E-state index >= 15 is 0 Å². The first-order chi connectivity index (χ1) is 15.6. The van der Waals surface area contributed by atoms with Crippen molar-refractivity contribution in [3.63, 3.8) is 0 Å². The largest absolute Gasteiger partial charge is 0.467 e. The summed E-state index contributed by atoms with van der Waals surface area (Å²) in [5.74, 6) is 0.319. The van der Waals surface area contributed by atoms with Crippen LogP contribution in [0.25, 0.3) is 0 Å². The average Bonchev–Trinajstić information content (AvgIpc) is 3.48. The fourth-order valence-electron chi connectivity index (χ4n) is 3.10. The second-order valence-electron chi connectivity index (χ2n) is 6.99. The van der Waals surface area contributed by atoms with Crippen LogP contribution < -0.4 is 10.6 Å². The SMILES string of the molecule is Cc1cc(NC(=O)C(OC(=O)c2ccccc2NCc2ccco2)c2ccccc2)no1. The molecule has 8 nitrogen and oxygen atoms in total. The van der Waals surface area contributed by atoms with Gasteiger partial charge in [-0.2, -0.15) is 0 Å². The van der Waals surface area contributed by atoms with Crippen molar-refractivity contribution in [2.24, 2.45) is 0 Å². The first kappa shape index (κ1) is 20.9. The first-order valence-electron chi connectivity index (χ1n) is 9.95. The molecule has 2 aromatic heterocycles. The van der Waals surface area contributed by atoms with E-state index in [2.05, 4.69) is 15.8 Å². The van der Waals surface area contributed by atoms with Gasteiger partial charge in [0.15, 0.2) is 5.82 Å². The number of anilines is 2. The summed E-state index contributed by atoms with van der Waals surface area (Å²) in [5.41, 5.74) is 1.39. The van der Waals surface area contributed by atoms with Crippen molar-refractivity contribution in [3.05, 3.63) is 102 Å². The van der Waals surface area contributed by atoms with Gasteiger partial charge in [-0.1, -0.05) is 47.6 Å². The molecule has 1 atom stereocenters. The minimum atomic E-state index is -1.18. The van der Waals surface area contributed by atoms with Crippen LogP contribution in [0.15, 0.2) is 88.0 Å². The summed E-state index contributed by atoms with van der Waals surface area (Å²) < 4.78 is 16.0. The number of aromatic nitrogens is 1.